The zero-order chi connectivity index (χ0) is 16.4. The molecule has 0 aromatic carbocycles. The maximum atomic E-state index is 2.77. The number of rotatable bonds is 5. The molecule has 0 aromatic rings. The Bertz CT molecular complexity index is 346. The average Bonchev–Trinajstić information content (AvgIpc) is 2.47. The molecular weight excluding hydrogens is 282 g/mol. The van der Waals surface area contributed by atoms with E-state index in [1.165, 1.54) is 71.5 Å². The van der Waals surface area contributed by atoms with E-state index in [0.717, 1.165) is 29.8 Å². The molecule has 0 unspecified atom stereocenters. The first kappa shape index (κ1) is 17.7. The molecule has 0 bridgehead atoms. The normalized spacial score (nSPS) is 27.9. The van der Waals surface area contributed by atoms with Crippen LogP contribution in [0.4, 0.5) is 0 Å². The van der Waals surface area contributed by atoms with Gasteiger partial charge in [0, 0.05) is 31.7 Å². The van der Waals surface area contributed by atoms with E-state index < -0.39 is 0 Å². The van der Waals surface area contributed by atoms with Gasteiger partial charge in [0.15, 0.2) is 0 Å². The monoisotopic (exact) mass is 321 g/mol. The summed E-state index contributed by atoms with van der Waals surface area (Å²) in [5.41, 5.74) is 0. The summed E-state index contributed by atoms with van der Waals surface area (Å²) < 4.78 is 0. The maximum Gasteiger partial charge on any atom is 0.0120 e. The summed E-state index contributed by atoms with van der Waals surface area (Å²) in [7, 11) is 0. The topological polar surface area (TPSA) is 9.72 Å². The SMILES string of the molecule is CC(C)C1CN(C2CCN(CC3CCN(C(C)C)CC3)CC2)C1. The van der Waals surface area contributed by atoms with Crippen LogP contribution < -0.4 is 0 Å². The second-order valence-corrected chi connectivity index (χ2v) is 9.06. The highest BCUT2D eigenvalue weighted by molar-refractivity contribution is 4.90. The van der Waals surface area contributed by atoms with Crippen LogP contribution in [0, 0.1) is 17.8 Å². The summed E-state index contributed by atoms with van der Waals surface area (Å²) in [6, 6.07) is 1.63. The molecule has 0 N–H and O–H groups in total. The van der Waals surface area contributed by atoms with Gasteiger partial charge in [-0.1, -0.05) is 13.8 Å². The first-order chi connectivity index (χ1) is 11.0. The van der Waals surface area contributed by atoms with E-state index in [4.69, 9.17) is 0 Å². The standard InChI is InChI=1S/C20H39N3/c1-16(2)19-14-23(15-19)20-7-9-21(10-8-20)13-18-5-11-22(12-6-18)17(3)4/h16-20H,5-15H2,1-4H3. The molecule has 3 aliphatic rings. The molecule has 0 aromatic heterocycles. The molecule has 0 atom stereocenters. The van der Waals surface area contributed by atoms with Crippen LogP contribution in [0.15, 0.2) is 0 Å². The highest BCUT2D eigenvalue weighted by Gasteiger charge is 2.35. The first-order valence-corrected chi connectivity index (χ1v) is 10.2. The van der Waals surface area contributed by atoms with Crippen molar-refractivity contribution in [3.05, 3.63) is 0 Å². The molecule has 0 amide bonds. The van der Waals surface area contributed by atoms with Crippen LogP contribution in [0.3, 0.4) is 0 Å². The zero-order valence-corrected chi connectivity index (χ0v) is 16.0. The average molecular weight is 322 g/mol. The molecule has 23 heavy (non-hydrogen) atoms. The summed E-state index contributed by atoms with van der Waals surface area (Å²) >= 11 is 0. The van der Waals surface area contributed by atoms with Gasteiger partial charge in [-0.05, 0) is 83.5 Å². The lowest BCUT2D eigenvalue weighted by molar-refractivity contribution is -0.00217. The van der Waals surface area contributed by atoms with E-state index in [1.54, 1.807) is 0 Å². The molecule has 3 nitrogen and oxygen atoms in total. The molecule has 0 spiro atoms. The molecule has 3 fully saturated rings. The number of piperidine rings is 2. The highest BCUT2D eigenvalue weighted by atomic mass is 15.2. The van der Waals surface area contributed by atoms with Crippen molar-refractivity contribution in [2.24, 2.45) is 17.8 Å². The molecule has 134 valence electrons. The van der Waals surface area contributed by atoms with Crippen molar-refractivity contribution < 1.29 is 0 Å². The lowest BCUT2D eigenvalue weighted by atomic mass is 9.85. The van der Waals surface area contributed by atoms with E-state index in [1.807, 2.05) is 0 Å². The van der Waals surface area contributed by atoms with Crippen molar-refractivity contribution in [2.75, 3.05) is 45.8 Å². The predicted molar refractivity (Wildman–Crippen MR) is 98.8 cm³/mol. The fraction of sp³-hybridized carbons (Fsp3) is 1.00. The third-order valence-electron chi connectivity index (χ3n) is 6.85. The molecule has 0 saturated carbocycles. The lowest BCUT2D eigenvalue weighted by Crippen LogP contribution is -2.56. The molecule has 3 heteroatoms. The van der Waals surface area contributed by atoms with Gasteiger partial charge in [-0.25, -0.2) is 0 Å². The minimum Gasteiger partial charge on any atom is -0.303 e. The van der Waals surface area contributed by atoms with E-state index in [2.05, 4.69) is 42.4 Å². The minimum absolute atomic E-state index is 0.734. The molecule has 0 radical (unpaired) electrons. The van der Waals surface area contributed by atoms with E-state index in [-0.39, 0.29) is 0 Å². The van der Waals surface area contributed by atoms with Crippen LogP contribution in [-0.4, -0.2) is 72.6 Å². The summed E-state index contributed by atoms with van der Waals surface area (Å²) in [6.45, 7) is 18.9. The predicted octanol–water partition coefficient (Wildman–Crippen LogP) is 3.16. The van der Waals surface area contributed by atoms with Crippen LogP contribution in [0.25, 0.3) is 0 Å². The Morgan fingerprint density at radius 1 is 0.826 bits per heavy atom. The Labute approximate surface area is 144 Å². The summed E-state index contributed by atoms with van der Waals surface area (Å²) in [5, 5.41) is 0. The molecular formula is C20H39N3. The van der Waals surface area contributed by atoms with Crippen molar-refractivity contribution in [1.29, 1.82) is 0 Å². The lowest BCUT2D eigenvalue weighted by Gasteiger charge is -2.49. The van der Waals surface area contributed by atoms with Gasteiger partial charge in [-0.3, -0.25) is 4.90 Å². The quantitative estimate of drug-likeness (QED) is 0.770. The molecule has 3 heterocycles. The van der Waals surface area contributed by atoms with E-state index in [9.17, 15) is 0 Å². The molecule has 0 aliphatic carbocycles. The largest absolute Gasteiger partial charge is 0.303 e. The Kier molecular flexibility index (Phi) is 6.03. The summed E-state index contributed by atoms with van der Waals surface area (Å²) in [4.78, 5) is 8.19. The van der Waals surface area contributed by atoms with Crippen LogP contribution in [0.2, 0.25) is 0 Å². The Hall–Kier alpha value is -0.120. The van der Waals surface area contributed by atoms with Crippen LogP contribution in [0.5, 0.6) is 0 Å². The fourth-order valence-corrected chi connectivity index (χ4v) is 4.75. The fourth-order valence-electron chi connectivity index (χ4n) is 4.75. The third kappa shape index (κ3) is 4.49. The smallest absolute Gasteiger partial charge is 0.0120 e. The van der Waals surface area contributed by atoms with Crippen LogP contribution >= 0.6 is 0 Å². The molecule has 3 saturated heterocycles. The second-order valence-electron chi connectivity index (χ2n) is 9.06. The van der Waals surface area contributed by atoms with Crippen molar-refractivity contribution in [3.8, 4) is 0 Å². The Morgan fingerprint density at radius 3 is 1.96 bits per heavy atom. The van der Waals surface area contributed by atoms with Crippen LogP contribution in [0.1, 0.15) is 53.4 Å². The van der Waals surface area contributed by atoms with Gasteiger partial charge in [0.2, 0.25) is 0 Å². The molecule has 3 rings (SSSR count). The van der Waals surface area contributed by atoms with Crippen LogP contribution in [-0.2, 0) is 0 Å². The zero-order valence-electron chi connectivity index (χ0n) is 16.0. The second kappa shape index (κ2) is 7.84. The van der Waals surface area contributed by atoms with Crippen molar-refractivity contribution >= 4 is 0 Å². The van der Waals surface area contributed by atoms with Crippen molar-refractivity contribution in [2.45, 2.75) is 65.5 Å². The highest BCUT2D eigenvalue weighted by Crippen LogP contribution is 2.30. The third-order valence-corrected chi connectivity index (χ3v) is 6.85. The number of hydrogen-bond donors (Lipinski definition) is 0. The van der Waals surface area contributed by atoms with Gasteiger partial charge in [-0.2, -0.15) is 0 Å². The number of nitrogens with zero attached hydrogens (tertiary/aromatic N) is 3. The van der Waals surface area contributed by atoms with Gasteiger partial charge in [-0.15, -0.1) is 0 Å². The number of hydrogen-bond acceptors (Lipinski definition) is 3. The first-order valence-electron chi connectivity index (χ1n) is 10.2. The van der Waals surface area contributed by atoms with E-state index in [0.29, 0.717) is 0 Å². The summed E-state index contributed by atoms with van der Waals surface area (Å²) in [5.74, 6) is 2.80. The Balaban J connectivity index is 1.33. The maximum absolute atomic E-state index is 2.77. The minimum atomic E-state index is 0.734. The van der Waals surface area contributed by atoms with E-state index >= 15 is 0 Å². The van der Waals surface area contributed by atoms with Gasteiger partial charge < -0.3 is 9.80 Å². The molecule has 3 aliphatic heterocycles. The van der Waals surface area contributed by atoms with Gasteiger partial charge in [0.1, 0.15) is 0 Å². The van der Waals surface area contributed by atoms with Gasteiger partial charge in [0.25, 0.3) is 0 Å². The van der Waals surface area contributed by atoms with Crippen molar-refractivity contribution in [3.63, 3.8) is 0 Å². The van der Waals surface area contributed by atoms with Crippen molar-refractivity contribution in [1.82, 2.24) is 14.7 Å². The Morgan fingerprint density at radius 2 is 1.43 bits per heavy atom. The van der Waals surface area contributed by atoms with Gasteiger partial charge in [0.05, 0.1) is 0 Å². The summed E-state index contributed by atoms with van der Waals surface area (Å²) in [6.07, 6.45) is 5.66. The number of likely N-dealkylation sites (tertiary alicyclic amines) is 3. The van der Waals surface area contributed by atoms with Gasteiger partial charge >= 0.3 is 0 Å².